The predicted octanol–water partition coefficient (Wildman–Crippen LogP) is 4.83. The highest BCUT2D eigenvalue weighted by atomic mass is 19.1. The molecule has 1 aromatic heterocycles. The Labute approximate surface area is 138 Å². The van der Waals surface area contributed by atoms with Gasteiger partial charge < -0.3 is 4.90 Å². The second-order valence-corrected chi connectivity index (χ2v) is 6.63. The van der Waals surface area contributed by atoms with Crippen molar-refractivity contribution in [3.05, 3.63) is 59.2 Å². The molecule has 2 aromatic rings. The third-order valence-electron chi connectivity index (χ3n) is 4.81. The minimum absolute atomic E-state index is 0.0654. The molecule has 1 aromatic carbocycles. The average molecular weight is 312 g/mol. The largest absolute Gasteiger partial charge is 0.367 e. The predicted molar refractivity (Wildman–Crippen MR) is 93.4 cm³/mol. The molecule has 2 heterocycles. The first-order valence-corrected chi connectivity index (χ1v) is 8.58. The van der Waals surface area contributed by atoms with Crippen molar-refractivity contribution in [2.24, 2.45) is 0 Å². The van der Waals surface area contributed by atoms with E-state index in [1.54, 1.807) is 6.07 Å². The van der Waals surface area contributed by atoms with Crippen molar-refractivity contribution in [3.63, 3.8) is 0 Å². The Morgan fingerprint density at radius 2 is 2.04 bits per heavy atom. The molecule has 1 aliphatic rings. The Morgan fingerprint density at radius 1 is 1.17 bits per heavy atom. The van der Waals surface area contributed by atoms with Crippen molar-refractivity contribution in [3.8, 4) is 0 Å². The van der Waals surface area contributed by atoms with Crippen molar-refractivity contribution < 1.29 is 4.39 Å². The van der Waals surface area contributed by atoms with Gasteiger partial charge >= 0.3 is 0 Å². The first-order chi connectivity index (χ1) is 11.1. The molecule has 0 radical (unpaired) electrons. The van der Waals surface area contributed by atoms with Crippen LogP contribution in [0.25, 0.3) is 0 Å². The molecule has 0 aliphatic carbocycles. The third-order valence-corrected chi connectivity index (χ3v) is 4.81. The molecule has 0 N–H and O–H groups in total. The van der Waals surface area contributed by atoms with Gasteiger partial charge in [-0.3, -0.25) is 4.98 Å². The molecule has 0 spiro atoms. The van der Waals surface area contributed by atoms with Crippen LogP contribution in [0.5, 0.6) is 0 Å². The van der Waals surface area contributed by atoms with E-state index in [2.05, 4.69) is 22.0 Å². The molecular formula is C20H25FN2. The highest BCUT2D eigenvalue weighted by Gasteiger charge is 2.23. The number of hydrogen-bond donors (Lipinski definition) is 0. The molecule has 1 unspecified atom stereocenters. The van der Waals surface area contributed by atoms with E-state index in [1.165, 1.54) is 24.9 Å². The third kappa shape index (κ3) is 3.90. The summed E-state index contributed by atoms with van der Waals surface area (Å²) in [5, 5.41) is 0. The van der Waals surface area contributed by atoms with E-state index >= 15 is 0 Å². The Bertz CT molecular complexity index is 651. The highest BCUT2D eigenvalue weighted by molar-refractivity contribution is 5.46. The van der Waals surface area contributed by atoms with E-state index in [0.29, 0.717) is 6.04 Å². The summed E-state index contributed by atoms with van der Waals surface area (Å²) in [7, 11) is 0. The van der Waals surface area contributed by atoms with E-state index in [-0.39, 0.29) is 5.82 Å². The van der Waals surface area contributed by atoms with E-state index < -0.39 is 0 Å². The van der Waals surface area contributed by atoms with E-state index in [1.807, 2.05) is 32.2 Å². The fourth-order valence-corrected chi connectivity index (χ4v) is 3.45. The number of aromatic nitrogens is 1. The van der Waals surface area contributed by atoms with Gasteiger partial charge in [0.1, 0.15) is 5.82 Å². The average Bonchev–Trinajstić information content (AvgIpc) is 2.55. The number of aryl methyl sites for hydroxylation is 3. The lowest BCUT2D eigenvalue weighted by atomic mass is 9.95. The number of benzene rings is 1. The number of halogens is 1. The number of nitrogens with zero attached hydrogens (tertiary/aromatic N) is 2. The fraction of sp³-hybridized carbons (Fsp3) is 0.450. The van der Waals surface area contributed by atoms with Crippen molar-refractivity contribution >= 4 is 5.69 Å². The summed E-state index contributed by atoms with van der Waals surface area (Å²) in [5.74, 6) is -0.0654. The summed E-state index contributed by atoms with van der Waals surface area (Å²) in [6.45, 7) is 5.02. The zero-order valence-corrected chi connectivity index (χ0v) is 14.1. The van der Waals surface area contributed by atoms with Crippen LogP contribution in [0.3, 0.4) is 0 Å². The van der Waals surface area contributed by atoms with Crippen LogP contribution in [0.1, 0.15) is 42.5 Å². The lowest BCUT2D eigenvalue weighted by Gasteiger charge is -2.37. The molecule has 1 fully saturated rings. The standard InChI is InChI=1S/C20H25FN2/c1-15-6-8-17(20(21)13-15)9-11-18-5-3-4-12-23(18)19-10-7-16(2)22-14-19/h6-8,10,13-14,18H,3-5,9,11-12H2,1-2H3. The zero-order valence-electron chi connectivity index (χ0n) is 14.1. The summed E-state index contributed by atoms with van der Waals surface area (Å²) in [6, 6.07) is 10.3. The molecule has 2 nitrogen and oxygen atoms in total. The van der Waals surface area contributed by atoms with E-state index in [4.69, 9.17) is 0 Å². The maximum absolute atomic E-state index is 14.0. The second kappa shape index (κ2) is 7.12. The molecule has 3 rings (SSSR count). The monoisotopic (exact) mass is 312 g/mol. The second-order valence-electron chi connectivity index (χ2n) is 6.63. The molecule has 3 heteroatoms. The van der Waals surface area contributed by atoms with Gasteiger partial charge in [0, 0.05) is 18.3 Å². The molecule has 0 amide bonds. The maximum Gasteiger partial charge on any atom is 0.126 e. The molecule has 1 aliphatic heterocycles. The van der Waals surface area contributed by atoms with Crippen LogP contribution in [-0.2, 0) is 6.42 Å². The number of hydrogen-bond acceptors (Lipinski definition) is 2. The number of rotatable bonds is 4. The van der Waals surface area contributed by atoms with Crippen LogP contribution in [0.15, 0.2) is 36.5 Å². The Hall–Kier alpha value is -1.90. The van der Waals surface area contributed by atoms with E-state index in [0.717, 1.165) is 36.2 Å². The summed E-state index contributed by atoms with van der Waals surface area (Å²) in [6.07, 6.45) is 7.43. The van der Waals surface area contributed by atoms with Crippen molar-refractivity contribution in [1.82, 2.24) is 4.98 Å². The van der Waals surface area contributed by atoms with Crippen LogP contribution in [-0.4, -0.2) is 17.6 Å². The zero-order chi connectivity index (χ0) is 16.2. The minimum atomic E-state index is -0.0654. The molecule has 23 heavy (non-hydrogen) atoms. The van der Waals surface area contributed by atoms with Gasteiger partial charge in [-0.25, -0.2) is 4.39 Å². The summed E-state index contributed by atoms with van der Waals surface area (Å²) in [4.78, 5) is 6.89. The van der Waals surface area contributed by atoms with Gasteiger partial charge in [-0.2, -0.15) is 0 Å². The van der Waals surface area contributed by atoms with E-state index in [9.17, 15) is 4.39 Å². The first kappa shape index (κ1) is 16.0. The minimum Gasteiger partial charge on any atom is -0.367 e. The van der Waals surface area contributed by atoms with Crippen LogP contribution in [0.4, 0.5) is 10.1 Å². The number of pyridine rings is 1. The summed E-state index contributed by atoms with van der Waals surface area (Å²) >= 11 is 0. The SMILES string of the molecule is Cc1ccc(CCC2CCCCN2c2ccc(C)nc2)c(F)c1. The summed E-state index contributed by atoms with van der Waals surface area (Å²) < 4.78 is 14.0. The molecule has 0 bridgehead atoms. The van der Waals surface area contributed by atoms with Gasteiger partial charge in [-0.1, -0.05) is 12.1 Å². The number of piperidine rings is 1. The Morgan fingerprint density at radius 3 is 2.78 bits per heavy atom. The summed E-state index contributed by atoms with van der Waals surface area (Å²) in [5.41, 5.74) is 4.06. The lowest BCUT2D eigenvalue weighted by molar-refractivity contribution is 0.435. The van der Waals surface area contributed by atoms with Crippen LogP contribution in [0.2, 0.25) is 0 Å². The van der Waals surface area contributed by atoms with Gasteiger partial charge in [0.05, 0.1) is 11.9 Å². The number of anilines is 1. The van der Waals surface area contributed by atoms with Gasteiger partial charge in [0.15, 0.2) is 0 Å². The van der Waals surface area contributed by atoms with Crippen molar-refractivity contribution in [2.45, 2.75) is 52.0 Å². The molecule has 1 atom stereocenters. The Kier molecular flexibility index (Phi) is 4.94. The van der Waals surface area contributed by atoms with Crippen molar-refractivity contribution in [1.29, 1.82) is 0 Å². The smallest absolute Gasteiger partial charge is 0.126 e. The quantitative estimate of drug-likeness (QED) is 0.804. The first-order valence-electron chi connectivity index (χ1n) is 8.58. The molecule has 122 valence electrons. The van der Waals surface area contributed by atoms with Crippen LogP contribution < -0.4 is 4.90 Å². The van der Waals surface area contributed by atoms with Gasteiger partial charge in [0.25, 0.3) is 0 Å². The molecular weight excluding hydrogens is 287 g/mol. The Balaban J connectivity index is 1.70. The lowest BCUT2D eigenvalue weighted by Crippen LogP contribution is -2.40. The normalized spacial score (nSPS) is 18.2. The van der Waals surface area contributed by atoms with Gasteiger partial charge in [0.2, 0.25) is 0 Å². The van der Waals surface area contributed by atoms with Gasteiger partial charge in [-0.05, 0) is 75.3 Å². The van der Waals surface area contributed by atoms with Gasteiger partial charge in [-0.15, -0.1) is 0 Å². The van der Waals surface area contributed by atoms with Crippen LogP contribution >= 0.6 is 0 Å². The maximum atomic E-state index is 14.0. The van der Waals surface area contributed by atoms with Crippen molar-refractivity contribution in [2.75, 3.05) is 11.4 Å². The van der Waals surface area contributed by atoms with Crippen LogP contribution in [0, 0.1) is 19.7 Å². The topological polar surface area (TPSA) is 16.1 Å². The molecule has 0 saturated carbocycles. The fourth-order valence-electron chi connectivity index (χ4n) is 3.45. The molecule has 1 saturated heterocycles. The highest BCUT2D eigenvalue weighted by Crippen LogP contribution is 2.27.